The highest BCUT2D eigenvalue weighted by Gasteiger charge is 2.26. The van der Waals surface area contributed by atoms with Crippen LogP contribution in [0.5, 0.6) is 11.8 Å². The van der Waals surface area contributed by atoms with Gasteiger partial charge in [0.1, 0.15) is 5.60 Å². The number of aldehydes is 1. The minimum Gasteiger partial charge on any atom is -0.493 e. The number of ether oxygens (including phenoxy) is 1. The van der Waals surface area contributed by atoms with E-state index in [4.69, 9.17) is 4.74 Å². The van der Waals surface area contributed by atoms with Crippen molar-refractivity contribution in [1.29, 1.82) is 0 Å². The van der Waals surface area contributed by atoms with Gasteiger partial charge in [-0.05, 0) is 26.8 Å². The lowest BCUT2D eigenvalue weighted by Gasteiger charge is -2.25. The highest BCUT2D eigenvalue weighted by Crippen LogP contribution is 2.27. The Balaban J connectivity index is 2.34. The number of thiazole rings is 1. The molecule has 0 aliphatic heterocycles. The summed E-state index contributed by atoms with van der Waals surface area (Å²) in [7, 11) is 0. The van der Waals surface area contributed by atoms with Crippen LogP contribution in [0.3, 0.4) is 0 Å². The summed E-state index contributed by atoms with van der Waals surface area (Å²) in [4.78, 5) is 32.4. The molecule has 24 heavy (non-hydrogen) atoms. The van der Waals surface area contributed by atoms with Crippen LogP contribution >= 0.6 is 11.3 Å². The third kappa shape index (κ3) is 4.42. The summed E-state index contributed by atoms with van der Waals surface area (Å²) in [6, 6.07) is 2.73. The molecule has 0 fully saturated rings. The van der Waals surface area contributed by atoms with Crippen LogP contribution in [0.15, 0.2) is 18.3 Å². The van der Waals surface area contributed by atoms with E-state index in [0.29, 0.717) is 16.7 Å². The van der Waals surface area contributed by atoms with Gasteiger partial charge in [-0.15, -0.1) is 0 Å². The largest absolute Gasteiger partial charge is 0.493 e. The van der Waals surface area contributed by atoms with Crippen molar-refractivity contribution < 1.29 is 24.5 Å². The Hall–Kier alpha value is -2.68. The van der Waals surface area contributed by atoms with Crippen molar-refractivity contribution in [3.63, 3.8) is 0 Å². The lowest BCUT2D eigenvalue weighted by Crippen LogP contribution is -2.36. The molecule has 2 aromatic rings. The standard InChI is InChI=1S/C15H17N3O5S/c1-15(2,3)23-14(22)18(13-16-6-10(8-19)24-13)7-9-4-5-11(20)17-12(9)21/h4-6,8H,7H2,1-3H3,(H2,17,20,21). The number of hydrogen-bond acceptors (Lipinski definition) is 8. The molecule has 0 unspecified atom stereocenters. The van der Waals surface area contributed by atoms with Crippen LogP contribution in [-0.2, 0) is 11.3 Å². The molecule has 128 valence electrons. The summed E-state index contributed by atoms with van der Waals surface area (Å²) < 4.78 is 5.35. The molecule has 1 amide bonds. The normalized spacial score (nSPS) is 11.1. The molecule has 8 nitrogen and oxygen atoms in total. The summed E-state index contributed by atoms with van der Waals surface area (Å²) in [5.74, 6) is -0.742. The van der Waals surface area contributed by atoms with Gasteiger partial charge < -0.3 is 14.9 Å². The zero-order valence-electron chi connectivity index (χ0n) is 13.4. The summed E-state index contributed by atoms with van der Waals surface area (Å²) in [6.45, 7) is 5.09. The van der Waals surface area contributed by atoms with E-state index in [2.05, 4.69) is 9.97 Å². The Bertz CT molecular complexity index is 754. The zero-order chi connectivity index (χ0) is 17.9. The molecule has 0 aliphatic rings. The minimum atomic E-state index is -0.727. The van der Waals surface area contributed by atoms with Crippen LogP contribution in [0.1, 0.15) is 36.0 Å². The second-order valence-electron chi connectivity index (χ2n) is 5.88. The molecule has 0 saturated heterocycles. The van der Waals surface area contributed by atoms with Crippen LogP contribution in [-0.4, -0.2) is 38.2 Å². The summed E-state index contributed by atoms with van der Waals surface area (Å²) >= 11 is 1.02. The maximum atomic E-state index is 12.5. The van der Waals surface area contributed by atoms with Gasteiger partial charge in [-0.3, -0.25) is 4.79 Å². The molecule has 9 heteroatoms. The molecule has 0 saturated carbocycles. The fraction of sp³-hybridized carbons (Fsp3) is 0.333. The van der Waals surface area contributed by atoms with Crippen molar-refractivity contribution in [2.24, 2.45) is 0 Å². The number of nitrogens with zero attached hydrogens (tertiary/aromatic N) is 3. The number of amides is 1. The van der Waals surface area contributed by atoms with Gasteiger partial charge in [0.2, 0.25) is 11.8 Å². The molecule has 0 bridgehead atoms. The fourth-order valence-electron chi connectivity index (χ4n) is 1.74. The van der Waals surface area contributed by atoms with Crippen molar-refractivity contribution >= 4 is 28.8 Å². The Labute approximate surface area is 142 Å². The summed E-state index contributed by atoms with van der Waals surface area (Å²) in [5, 5.41) is 19.3. The third-order valence-corrected chi connectivity index (χ3v) is 3.69. The molecule has 0 aromatic carbocycles. The molecule has 2 rings (SSSR count). The number of pyridine rings is 1. The second-order valence-corrected chi connectivity index (χ2v) is 6.92. The van der Waals surface area contributed by atoms with Crippen LogP contribution in [0.25, 0.3) is 0 Å². The molecule has 2 heterocycles. The highest BCUT2D eigenvalue weighted by atomic mass is 32.1. The number of aromatic hydroxyl groups is 2. The summed E-state index contributed by atoms with van der Waals surface area (Å²) in [6.07, 6.45) is 1.30. The summed E-state index contributed by atoms with van der Waals surface area (Å²) in [5.41, 5.74) is -0.434. The lowest BCUT2D eigenvalue weighted by molar-refractivity contribution is 0.0577. The van der Waals surface area contributed by atoms with Gasteiger partial charge in [0.15, 0.2) is 11.4 Å². The van der Waals surface area contributed by atoms with Gasteiger partial charge in [0.05, 0.1) is 17.6 Å². The van der Waals surface area contributed by atoms with E-state index in [1.807, 2.05) is 0 Å². The number of hydrogen-bond donors (Lipinski definition) is 2. The third-order valence-electron chi connectivity index (χ3n) is 2.74. The maximum Gasteiger partial charge on any atom is 0.416 e. The minimum absolute atomic E-state index is 0.0835. The number of carbonyl (C=O) groups is 2. The predicted molar refractivity (Wildman–Crippen MR) is 87.5 cm³/mol. The zero-order valence-corrected chi connectivity index (χ0v) is 14.2. The molecule has 2 N–H and O–H groups in total. The molecule has 0 radical (unpaired) electrons. The first-order chi connectivity index (χ1) is 11.2. The van der Waals surface area contributed by atoms with E-state index in [-0.39, 0.29) is 17.6 Å². The average molecular weight is 351 g/mol. The number of aromatic nitrogens is 2. The Morgan fingerprint density at radius 1 is 1.38 bits per heavy atom. The number of anilines is 1. The Morgan fingerprint density at radius 3 is 2.62 bits per heavy atom. The van der Waals surface area contributed by atoms with Crippen LogP contribution < -0.4 is 4.90 Å². The van der Waals surface area contributed by atoms with E-state index in [0.717, 1.165) is 11.3 Å². The second kappa shape index (κ2) is 6.83. The maximum absolute atomic E-state index is 12.5. The first-order valence-corrected chi connectivity index (χ1v) is 7.80. The number of rotatable bonds is 4. The quantitative estimate of drug-likeness (QED) is 0.814. The monoisotopic (exact) mass is 351 g/mol. The van der Waals surface area contributed by atoms with Gasteiger partial charge in [-0.25, -0.2) is 14.7 Å². The van der Waals surface area contributed by atoms with Gasteiger partial charge >= 0.3 is 6.09 Å². The molecular formula is C15H17N3O5S. The van der Waals surface area contributed by atoms with E-state index in [1.54, 1.807) is 20.8 Å². The highest BCUT2D eigenvalue weighted by molar-refractivity contribution is 7.17. The van der Waals surface area contributed by atoms with E-state index in [1.165, 1.54) is 23.2 Å². The fourth-order valence-corrected chi connectivity index (χ4v) is 2.46. The van der Waals surface area contributed by atoms with Crippen molar-refractivity contribution in [2.75, 3.05) is 4.90 Å². The smallest absolute Gasteiger partial charge is 0.416 e. The first-order valence-electron chi connectivity index (χ1n) is 6.99. The van der Waals surface area contributed by atoms with E-state index >= 15 is 0 Å². The van der Waals surface area contributed by atoms with Crippen molar-refractivity contribution in [3.8, 4) is 11.8 Å². The average Bonchev–Trinajstić information content (AvgIpc) is 2.93. The van der Waals surface area contributed by atoms with Gasteiger partial charge in [0, 0.05) is 11.6 Å². The SMILES string of the molecule is CC(C)(C)OC(=O)N(Cc1ccc(O)nc1O)c1ncc(C=O)s1. The van der Waals surface area contributed by atoms with Crippen molar-refractivity contribution in [1.82, 2.24) is 9.97 Å². The van der Waals surface area contributed by atoms with Crippen LogP contribution in [0, 0.1) is 0 Å². The first kappa shape index (κ1) is 17.7. The van der Waals surface area contributed by atoms with Crippen LogP contribution in [0.4, 0.5) is 9.93 Å². The molecule has 0 atom stereocenters. The molecule has 2 aromatic heterocycles. The van der Waals surface area contributed by atoms with E-state index in [9.17, 15) is 19.8 Å². The van der Waals surface area contributed by atoms with Gasteiger partial charge in [-0.2, -0.15) is 4.98 Å². The molecule has 0 spiro atoms. The molecule has 0 aliphatic carbocycles. The van der Waals surface area contributed by atoms with Gasteiger partial charge in [0.25, 0.3) is 0 Å². The Morgan fingerprint density at radius 2 is 2.08 bits per heavy atom. The Kier molecular flexibility index (Phi) is 5.03. The van der Waals surface area contributed by atoms with Crippen LogP contribution in [0.2, 0.25) is 0 Å². The number of carbonyl (C=O) groups excluding carboxylic acids is 2. The lowest BCUT2D eigenvalue weighted by atomic mass is 10.2. The topological polar surface area (TPSA) is 113 Å². The van der Waals surface area contributed by atoms with Crippen molar-refractivity contribution in [2.45, 2.75) is 32.9 Å². The van der Waals surface area contributed by atoms with Gasteiger partial charge in [-0.1, -0.05) is 11.3 Å². The van der Waals surface area contributed by atoms with Crippen molar-refractivity contribution in [3.05, 3.63) is 28.8 Å². The predicted octanol–water partition coefficient (Wildman–Crippen LogP) is 2.70. The van der Waals surface area contributed by atoms with E-state index < -0.39 is 17.6 Å². The molecular weight excluding hydrogens is 334 g/mol.